The summed E-state index contributed by atoms with van der Waals surface area (Å²) in [4.78, 5) is 0.794. The van der Waals surface area contributed by atoms with Crippen LogP contribution in [0.3, 0.4) is 0 Å². The van der Waals surface area contributed by atoms with Crippen molar-refractivity contribution in [3.8, 4) is 11.5 Å². The second kappa shape index (κ2) is 10.5. The number of rotatable bonds is 7. The van der Waals surface area contributed by atoms with E-state index in [1.54, 1.807) is 79.7 Å². The first kappa shape index (κ1) is 29.9. The summed E-state index contributed by atoms with van der Waals surface area (Å²) in [5.41, 5.74) is -5.92. The third-order valence-electron chi connectivity index (χ3n) is 4.96. The van der Waals surface area contributed by atoms with Gasteiger partial charge < -0.3 is 9.47 Å². The topological polar surface area (TPSA) is 61.8 Å². The maximum Gasteiger partial charge on any atom is 0.524 e. The standard InChI is InChI=1S/C28H33F3O5S2/c1-20-9-8-10-25(19-20)37(36-38(32,33)28(29,30)31,23-15-11-21(12-16-23)34-26(2,3)4)24-17-13-22(14-18-24)35-27(5,6)7/h8-19H,1-7H3. The van der Waals surface area contributed by atoms with Crippen LogP contribution in [-0.2, 0) is 13.7 Å². The Labute approximate surface area is 224 Å². The summed E-state index contributed by atoms with van der Waals surface area (Å²) in [7, 11) is -9.45. The average Bonchev–Trinajstić information content (AvgIpc) is 2.76. The van der Waals surface area contributed by atoms with Crippen molar-refractivity contribution in [2.75, 3.05) is 0 Å². The SMILES string of the molecule is Cc1cccc(S(OS(=O)(=O)C(F)(F)F)(c2ccc(OC(C)(C)C)cc2)c2ccc(OC(C)(C)C)cc2)c1. The number of hydrogen-bond acceptors (Lipinski definition) is 5. The molecule has 208 valence electrons. The van der Waals surface area contributed by atoms with Gasteiger partial charge in [-0.3, -0.25) is 0 Å². The predicted octanol–water partition coefficient (Wildman–Crippen LogP) is 8.41. The molecule has 0 unspecified atom stereocenters. The Kier molecular flexibility index (Phi) is 8.22. The van der Waals surface area contributed by atoms with Crippen molar-refractivity contribution >= 4 is 20.4 Å². The summed E-state index contributed by atoms with van der Waals surface area (Å²) in [6.45, 7) is 13.0. The molecular formula is C28H33F3O5S2. The third kappa shape index (κ3) is 7.03. The van der Waals surface area contributed by atoms with Gasteiger partial charge >= 0.3 is 15.6 Å². The zero-order valence-corrected chi connectivity index (χ0v) is 24.1. The summed E-state index contributed by atoms with van der Waals surface area (Å²) in [6.07, 6.45) is 0. The van der Waals surface area contributed by atoms with E-state index in [1.165, 1.54) is 0 Å². The van der Waals surface area contributed by atoms with Gasteiger partial charge in [0.05, 0.1) is 0 Å². The minimum atomic E-state index is -6.02. The van der Waals surface area contributed by atoms with Gasteiger partial charge in [0.1, 0.15) is 22.7 Å². The average molecular weight is 571 g/mol. The zero-order chi connectivity index (χ0) is 28.6. The lowest BCUT2D eigenvalue weighted by Gasteiger charge is -2.39. The van der Waals surface area contributed by atoms with Crippen LogP contribution >= 0.6 is 10.3 Å². The Hall–Kier alpha value is -2.69. The first-order valence-corrected chi connectivity index (χ1v) is 14.8. The van der Waals surface area contributed by atoms with Crippen molar-refractivity contribution in [1.82, 2.24) is 0 Å². The lowest BCUT2D eigenvalue weighted by Crippen LogP contribution is -2.27. The van der Waals surface area contributed by atoms with Gasteiger partial charge in [-0.25, -0.2) is 0 Å². The van der Waals surface area contributed by atoms with Crippen molar-refractivity contribution in [2.45, 2.75) is 79.9 Å². The molecule has 0 aliphatic carbocycles. The molecule has 0 fully saturated rings. The molecule has 0 aromatic heterocycles. The van der Waals surface area contributed by atoms with Crippen LogP contribution in [0.5, 0.6) is 11.5 Å². The summed E-state index contributed by atoms with van der Waals surface area (Å²) in [5, 5.41) is 0. The normalized spacial score (nSPS) is 13.7. The number of alkyl halides is 3. The third-order valence-corrected chi connectivity index (χ3v) is 9.85. The van der Waals surface area contributed by atoms with Gasteiger partial charge in [-0.15, -0.1) is 0 Å². The molecule has 0 saturated carbocycles. The molecule has 0 bridgehead atoms. The van der Waals surface area contributed by atoms with Crippen LogP contribution in [0.25, 0.3) is 0 Å². The van der Waals surface area contributed by atoms with Gasteiger partial charge in [0.2, 0.25) is 0 Å². The highest BCUT2D eigenvalue weighted by molar-refractivity contribution is 8.33. The van der Waals surface area contributed by atoms with E-state index >= 15 is 0 Å². The highest BCUT2D eigenvalue weighted by Gasteiger charge is 2.52. The predicted molar refractivity (Wildman–Crippen MR) is 143 cm³/mol. The van der Waals surface area contributed by atoms with Crippen LogP contribution in [0.2, 0.25) is 0 Å². The molecule has 0 atom stereocenters. The first-order chi connectivity index (χ1) is 17.3. The first-order valence-electron chi connectivity index (χ1n) is 11.8. The molecule has 5 nitrogen and oxygen atoms in total. The monoisotopic (exact) mass is 570 g/mol. The Morgan fingerprint density at radius 1 is 0.632 bits per heavy atom. The molecule has 0 aliphatic rings. The van der Waals surface area contributed by atoms with E-state index in [9.17, 15) is 21.6 Å². The number of hydrogen-bond donors (Lipinski definition) is 0. The van der Waals surface area contributed by atoms with Gasteiger partial charge in [-0.2, -0.15) is 25.2 Å². The molecule has 0 radical (unpaired) electrons. The molecule has 3 aromatic rings. The number of benzene rings is 3. The lowest BCUT2D eigenvalue weighted by atomic mass is 10.2. The van der Waals surface area contributed by atoms with Crippen molar-refractivity contribution in [3.05, 3.63) is 78.4 Å². The quantitative estimate of drug-likeness (QED) is 0.267. The van der Waals surface area contributed by atoms with E-state index in [1.807, 2.05) is 41.5 Å². The second-order valence-corrected chi connectivity index (χ2v) is 15.2. The van der Waals surface area contributed by atoms with Crippen molar-refractivity contribution < 1.29 is 34.7 Å². The van der Waals surface area contributed by atoms with E-state index < -0.39 is 37.1 Å². The van der Waals surface area contributed by atoms with Crippen molar-refractivity contribution in [2.24, 2.45) is 0 Å². The Bertz CT molecular complexity index is 1290. The molecule has 3 aromatic carbocycles. The highest BCUT2D eigenvalue weighted by Crippen LogP contribution is 2.71. The second-order valence-electron chi connectivity index (χ2n) is 10.7. The van der Waals surface area contributed by atoms with Crippen molar-refractivity contribution in [3.63, 3.8) is 0 Å². The molecule has 0 heterocycles. The summed E-state index contributed by atoms with van der Waals surface area (Å²) in [5.74, 6) is 0.956. The van der Waals surface area contributed by atoms with E-state index in [0.717, 1.165) is 5.56 Å². The van der Waals surface area contributed by atoms with Crippen LogP contribution in [0.4, 0.5) is 13.2 Å². The molecule has 38 heavy (non-hydrogen) atoms. The molecule has 0 aliphatic heterocycles. The van der Waals surface area contributed by atoms with Crippen molar-refractivity contribution in [1.29, 1.82) is 0 Å². The fourth-order valence-electron chi connectivity index (χ4n) is 3.60. The number of ether oxygens (including phenoxy) is 2. The maximum atomic E-state index is 13.8. The van der Waals surface area contributed by atoms with E-state index in [4.69, 9.17) is 13.1 Å². The van der Waals surface area contributed by atoms with Gasteiger partial charge in [-0.05, 0) is 125 Å². The summed E-state index contributed by atoms with van der Waals surface area (Å²) >= 11 is 0. The Morgan fingerprint density at radius 2 is 1.05 bits per heavy atom. The summed E-state index contributed by atoms with van der Waals surface area (Å²) in [6, 6.07) is 19.2. The smallest absolute Gasteiger partial charge is 0.488 e. The van der Waals surface area contributed by atoms with Crippen LogP contribution in [0.15, 0.2) is 87.5 Å². The molecule has 0 N–H and O–H groups in total. The van der Waals surface area contributed by atoms with Gasteiger partial charge in [0.25, 0.3) is 0 Å². The fourth-order valence-corrected chi connectivity index (χ4v) is 8.40. The molecule has 3 rings (SSSR count). The minimum absolute atomic E-state index is 0.252. The maximum absolute atomic E-state index is 13.8. The number of aryl methyl sites for hydroxylation is 1. The highest BCUT2D eigenvalue weighted by atomic mass is 32.3. The Morgan fingerprint density at radius 3 is 1.39 bits per heavy atom. The van der Waals surface area contributed by atoms with Gasteiger partial charge in [-0.1, -0.05) is 12.1 Å². The fraction of sp³-hybridized carbons (Fsp3) is 0.357. The van der Waals surface area contributed by atoms with Gasteiger partial charge in [0.15, 0.2) is 0 Å². The minimum Gasteiger partial charge on any atom is -0.488 e. The van der Waals surface area contributed by atoms with E-state index in [2.05, 4.69) is 0 Å². The molecular weight excluding hydrogens is 537 g/mol. The molecule has 0 amide bonds. The summed E-state index contributed by atoms with van der Waals surface area (Å²) < 4.78 is 83.5. The van der Waals surface area contributed by atoms with Crippen LogP contribution in [-0.4, -0.2) is 25.1 Å². The molecule has 10 heteroatoms. The zero-order valence-electron chi connectivity index (χ0n) is 22.4. The molecule has 0 spiro atoms. The number of halogens is 3. The van der Waals surface area contributed by atoms with E-state index in [-0.39, 0.29) is 9.79 Å². The van der Waals surface area contributed by atoms with Crippen LogP contribution in [0.1, 0.15) is 47.1 Å². The molecule has 0 saturated heterocycles. The largest absolute Gasteiger partial charge is 0.524 e. The van der Waals surface area contributed by atoms with Crippen LogP contribution < -0.4 is 9.47 Å². The lowest BCUT2D eigenvalue weighted by molar-refractivity contribution is -0.0496. The Balaban J connectivity index is 2.33. The van der Waals surface area contributed by atoms with E-state index in [0.29, 0.717) is 16.4 Å². The van der Waals surface area contributed by atoms with Crippen LogP contribution in [0, 0.1) is 6.92 Å². The van der Waals surface area contributed by atoms with Gasteiger partial charge in [0, 0.05) is 14.7 Å².